The molecule has 1 N–H and O–H groups in total. The van der Waals surface area contributed by atoms with E-state index in [9.17, 15) is 4.79 Å². The van der Waals surface area contributed by atoms with Gasteiger partial charge in [-0.2, -0.15) is 0 Å². The molecule has 1 saturated carbocycles. The van der Waals surface area contributed by atoms with Crippen LogP contribution in [0, 0.1) is 11.3 Å². The normalized spacial score (nSPS) is 29.7. The van der Waals surface area contributed by atoms with Crippen LogP contribution in [0.2, 0.25) is 0 Å². The average Bonchev–Trinajstić information content (AvgIpc) is 2.85. The molecule has 1 aliphatic heterocycles. The third-order valence-corrected chi connectivity index (χ3v) is 5.17. The Bertz CT molecular complexity index is 409. The Balaban J connectivity index is 1.88. The zero-order valence-corrected chi connectivity index (χ0v) is 15.9. The van der Waals surface area contributed by atoms with Crippen LogP contribution in [0.1, 0.15) is 73.6 Å². The molecule has 0 radical (unpaired) electrons. The number of nitrogens with zero attached hydrogens (tertiary/aromatic N) is 1. The molecular weight excluding hydrogens is 288 g/mol. The predicted molar refractivity (Wildman–Crippen MR) is 94.5 cm³/mol. The summed E-state index contributed by atoms with van der Waals surface area (Å²) >= 11 is 0. The second-order valence-corrected chi connectivity index (χ2v) is 9.44. The first-order valence-electron chi connectivity index (χ1n) is 9.30. The third kappa shape index (κ3) is 5.37. The molecule has 0 aromatic rings. The summed E-state index contributed by atoms with van der Waals surface area (Å²) in [4.78, 5) is 14.1. The van der Waals surface area contributed by atoms with Crippen molar-refractivity contribution >= 4 is 6.09 Å². The SMILES string of the molecule is CC(C)(C)OC(=O)N1CCC(NC2CCCCC2C(C)(C)C)C1. The molecule has 0 aromatic carbocycles. The molecule has 1 heterocycles. The molecule has 2 rings (SSSR count). The Kier molecular flexibility index (Phi) is 5.65. The van der Waals surface area contributed by atoms with Crippen molar-refractivity contribution in [2.75, 3.05) is 13.1 Å². The van der Waals surface area contributed by atoms with E-state index in [1.165, 1.54) is 25.7 Å². The Morgan fingerprint density at radius 1 is 1.04 bits per heavy atom. The van der Waals surface area contributed by atoms with Crippen LogP contribution >= 0.6 is 0 Å². The summed E-state index contributed by atoms with van der Waals surface area (Å²) in [6, 6.07) is 1.00. The molecule has 3 unspecified atom stereocenters. The summed E-state index contributed by atoms with van der Waals surface area (Å²) in [5.41, 5.74) is -0.0646. The van der Waals surface area contributed by atoms with Gasteiger partial charge in [0.05, 0.1) is 0 Å². The van der Waals surface area contributed by atoms with E-state index in [2.05, 4.69) is 26.1 Å². The lowest BCUT2D eigenvalue weighted by atomic mass is 9.69. The maximum Gasteiger partial charge on any atom is 0.410 e. The van der Waals surface area contributed by atoms with E-state index in [1.54, 1.807) is 0 Å². The van der Waals surface area contributed by atoms with Crippen LogP contribution in [0.25, 0.3) is 0 Å². The van der Waals surface area contributed by atoms with E-state index in [4.69, 9.17) is 4.74 Å². The van der Waals surface area contributed by atoms with Gasteiger partial charge in [-0.05, 0) is 51.4 Å². The molecule has 0 bridgehead atoms. The lowest BCUT2D eigenvalue weighted by molar-refractivity contribution is 0.0287. The first kappa shape index (κ1) is 18.6. The zero-order chi connectivity index (χ0) is 17.3. The molecule has 1 saturated heterocycles. The maximum atomic E-state index is 12.2. The molecule has 2 fully saturated rings. The van der Waals surface area contributed by atoms with Crippen molar-refractivity contribution in [3.8, 4) is 0 Å². The van der Waals surface area contributed by atoms with Crippen LogP contribution in [-0.2, 0) is 4.74 Å². The molecule has 134 valence electrons. The van der Waals surface area contributed by atoms with E-state index >= 15 is 0 Å². The fourth-order valence-electron chi connectivity index (χ4n) is 4.06. The quantitative estimate of drug-likeness (QED) is 0.828. The summed E-state index contributed by atoms with van der Waals surface area (Å²) in [5.74, 6) is 0.729. The number of ether oxygens (including phenoxy) is 1. The summed E-state index contributed by atoms with van der Waals surface area (Å²) in [5, 5.41) is 3.87. The van der Waals surface area contributed by atoms with Gasteiger partial charge in [-0.15, -0.1) is 0 Å². The minimum absolute atomic E-state index is 0.169. The fraction of sp³-hybridized carbons (Fsp3) is 0.947. The van der Waals surface area contributed by atoms with Gasteiger partial charge >= 0.3 is 6.09 Å². The van der Waals surface area contributed by atoms with E-state index in [-0.39, 0.29) is 6.09 Å². The van der Waals surface area contributed by atoms with Crippen LogP contribution in [0.15, 0.2) is 0 Å². The molecule has 0 spiro atoms. The van der Waals surface area contributed by atoms with Gasteiger partial charge in [0.25, 0.3) is 0 Å². The Labute approximate surface area is 142 Å². The smallest absolute Gasteiger partial charge is 0.410 e. The second-order valence-electron chi connectivity index (χ2n) is 9.44. The number of amides is 1. The Morgan fingerprint density at radius 2 is 1.70 bits per heavy atom. The minimum atomic E-state index is -0.413. The number of nitrogens with one attached hydrogen (secondary N) is 1. The lowest BCUT2D eigenvalue weighted by Crippen LogP contribution is -2.49. The number of likely N-dealkylation sites (tertiary alicyclic amines) is 1. The van der Waals surface area contributed by atoms with Crippen LogP contribution < -0.4 is 5.32 Å². The van der Waals surface area contributed by atoms with Gasteiger partial charge in [0.1, 0.15) is 5.60 Å². The highest BCUT2D eigenvalue weighted by Crippen LogP contribution is 2.38. The Hall–Kier alpha value is -0.770. The predicted octanol–water partition coefficient (Wildman–Crippen LogP) is 4.19. The second kappa shape index (κ2) is 7.00. The van der Waals surface area contributed by atoms with Gasteiger partial charge in [-0.25, -0.2) is 4.79 Å². The van der Waals surface area contributed by atoms with Gasteiger partial charge in [0.2, 0.25) is 0 Å². The van der Waals surface area contributed by atoms with Gasteiger partial charge in [-0.1, -0.05) is 33.6 Å². The zero-order valence-electron chi connectivity index (χ0n) is 15.9. The van der Waals surface area contributed by atoms with Crippen molar-refractivity contribution in [3.05, 3.63) is 0 Å². The molecule has 2 aliphatic rings. The molecule has 4 nitrogen and oxygen atoms in total. The Morgan fingerprint density at radius 3 is 2.30 bits per heavy atom. The van der Waals surface area contributed by atoms with Crippen molar-refractivity contribution in [1.29, 1.82) is 0 Å². The summed E-state index contributed by atoms with van der Waals surface area (Å²) in [7, 11) is 0. The average molecular weight is 325 g/mol. The number of hydrogen-bond donors (Lipinski definition) is 1. The van der Waals surface area contributed by atoms with Crippen LogP contribution in [-0.4, -0.2) is 41.8 Å². The van der Waals surface area contributed by atoms with Crippen molar-refractivity contribution in [1.82, 2.24) is 10.2 Å². The van der Waals surface area contributed by atoms with E-state index in [0.29, 0.717) is 17.5 Å². The van der Waals surface area contributed by atoms with E-state index in [0.717, 1.165) is 25.4 Å². The van der Waals surface area contributed by atoms with Crippen molar-refractivity contribution in [2.45, 2.75) is 91.3 Å². The molecule has 3 atom stereocenters. The van der Waals surface area contributed by atoms with Crippen molar-refractivity contribution < 1.29 is 9.53 Å². The highest BCUT2D eigenvalue weighted by molar-refractivity contribution is 5.68. The monoisotopic (exact) mass is 324 g/mol. The summed E-state index contributed by atoms with van der Waals surface area (Å²) < 4.78 is 5.49. The topological polar surface area (TPSA) is 41.6 Å². The maximum absolute atomic E-state index is 12.2. The lowest BCUT2D eigenvalue weighted by Gasteiger charge is -2.42. The first-order valence-corrected chi connectivity index (χ1v) is 9.30. The molecular formula is C19H36N2O2. The number of hydrogen-bond acceptors (Lipinski definition) is 3. The first-order chi connectivity index (χ1) is 10.6. The standard InChI is InChI=1S/C19H36N2O2/c1-18(2,3)15-9-7-8-10-16(15)20-14-11-12-21(13-14)17(22)23-19(4,5)6/h14-16,20H,7-13H2,1-6H3. The van der Waals surface area contributed by atoms with Crippen LogP contribution in [0.3, 0.4) is 0 Å². The molecule has 4 heteroatoms. The fourth-order valence-corrected chi connectivity index (χ4v) is 4.06. The summed E-state index contributed by atoms with van der Waals surface area (Å²) in [6.07, 6.45) is 6.14. The molecule has 0 aromatic heterocycles. The van der Waals surface area contributed by atoms with Crippen LogP contribution in [0.5, 0.6) is 0 Å². The molecule has 23 heavy (non-hydrogen) atoms. The van der Waals surface area contributed by atoms with E-state index < -0.39 is 5.60 Å². The number of rotatable bonds is 2. The van der Waals surface area contributed by atoms with Crippen LogP contribution in [0.4, 0.5) is 4.79 Å². The molecule has 1 amide bonds. The van der Waals surface area contributed by atoms with Crippen molar-refractivity contribution in [3.63, 3.8) is 0 Å². The van der Waals surface area contributed by atoms with Gasteiger partial charge in [0.15, 0.2) is 0 Å². The largest absolute Gasteiger partial charge is 0.444 e. The number of carbonyl (C=O) groups is 1. The highest BCUT2D eigenvalue weighted by Gasteiger charge is 2.37. The minimum Gasteiger partial charge on any atom is -0.444 e. The highest BCUT2D eigenvalue weighted by atomic mass is 16.6. The van der Waals surface area contributed by atoms with Crippen molar-refractivity contribution in [2.24, 2.45) is 11.3 Å². The van der Waals surface area contributed by atoms with Gasteiger partial charge < -0.3 is 15.0 Å². The van der Waals surface area contributed by atoms with Gasteiger partial charge in [0, 0.05) is 25.2 Å². The van der Waals surface area contributed by atoms with E-state index in [1.807, 2.05) is 25.7 Å². The molecule has 1 aliphatic carbocycles. The summed E-state index contributed by atoms with van der Waals surface area (Å²) in [6.45, 7) is 14.4. The van der Waals surface area contributed by atoms with Gasteiger partial charge in [-0.3, -0.25) is 0 Å². The number of carbonyl (C=O) groups excluding carboxylic acids is 1. The third-order valence-electron chi connectivity index (χ3n) is 5.17.